The Hall–Kier alpha value is -2.67. The van der Waals surface area contributed by atoms with Crippen molar-refractivity contribution in [2.45, 2.75) is 45.3 Å². The largest absolute Gasteiger partial charge is 0.456 e. The lowest BCUT2D eigenvalue weighted by Crippen LogP contribution is -2.35. The van der Waals surface area contributed by atoms with E-state index < -0.39 is 5.60 Å². The molecule has 1 aromatic carbocycles. The molecule has 1 fully saturated rings. The van der Waals surface area contributed by atoms with Crippen molar-refractivity contribution in [2.24, 2.45) is 0 Å². The molecule has 138 valence electrons. The molecule has 1 aromatic heterocycles. The first kappa shape index (κ1) is 18.1. The molecule has 1 atom stereocenters. The number of carbonyl (C=O) groups is 2. The predicted octanol–water partition coefficient (Wildman–Crippen LogP) is 2.52. The fourth-order valence-electron chi connectivity index (χ4n) is 2.74. The third-order valence-electron chi connectivity index (χ3n) is 3.98. The van der Waals surface area contributed by atoms with Gasteiger partial charge in [0.1, 0.15) is 5.60 Å². The molecule has 3 rings (SSSR count). The number of rotatable bonds is 4. The third kappa shape index (κ3) is 4.49. The number of hydrogen-bond donors (Lipinski definition) is 2. The first-order chi connectivity index (χ1) is 12.3. The van der Waals surface area contributed by atoms with Gasteiger partial charge in [0.05, 0.1) is 17.3 Å². The molecular weight excluding hydrogens is 332 g/mol. The van der Waals surface area contributed by atoms with Crippen LogP contribution >= 0.6 is 0 Å². The Balaban J connectivity index is 1.65. The van der Waals surface area contributed by atoms with Gasteiger partial charge in [-0.05, 0) is 64.4 Å². The highest BCUT2D eigenvalue weighted by molar-refractivity contribution is 5.94. The predicted molar refractivity (Wildman–Crippen MR) is 98.4 cm³/mol. The molecule has 0 bridgehead atoms. The van der Waals surface area contributed by atoms with Gasteiger partial charge < -0.3 is 15.4 Å². The van der Waals surface area contributed by atoms with Crippen LogP contribution in [0.2, 0.25) is 0 Å². The van der Waals surface area contributed by atoms with Gasteiger partial charge in [-0.3, -0.25) is 4.79 Å². The Bertz CT molecular complexity index is 784. The second kappa shape index (κ2) is 7.29. The lowest BCUT2D eigenvalue weighted by Gasteiger charge is -2.19. The summed E-state index contributed by atoms with van der Waals surface area (Å²) in [6.45, 7) is 6.37. The zero-order valence-corrected chi connectivity index (χ0v) is 15.3. The van der Waals surface area contributed by atoms with E-state index in [2.05, 4.69) is 15.7 Å². The van der Waals surface area contributed by atoms with Gasteiger partial charge in [0.15, 0.2) is 5.82 Å². The monoisotopic (exact) mass is 356 g/mol. The van der Waals surface area contributed by atoms with Crippen LogP contribution in [0.15, 0.2) is 36.5 Å². The molecule has 2 N–H and O–H groups in total. The van der Waals surface area contributed by atoms with Crippen LogP contribution in [-0.4, -0.2) is 39.8 Å². The van der Waals surface area contributed by atoms with Crippen molar-refractivity contribution in [3.8, 4) is 5.69 Å². The molecule has 1 saturated heterocycles. The van der Waals surface area contributed by atoms with Gasteiger partial charge in [-0.1, -0.05) is 0 Å². The molecule has 7 nitrogen and oxygen atoms in total. The number of hydrogen-bond acceptors (Lipinski definition) is 5. The highest BCUT2D eigenvalue weighted by Crippen LogP contribution is 2.16. The summed E-state index contributed by atoms with van der Waals surface area (Å²) in [5.41, 5.74) is 0.743. The molecule has 2 aromatic rings. The van der Waals surface area contributed by atoms with Gasteiger partial charge in [-0.15, -0.1) is 0 Å². The molecule has 26 heavy (non-hydrogen) atoms. The summed E-state index contributed by atoms with van der Waals surface area (Å²) in [5.74, 6) is 0.0782. The number of amides is 1. The molecule has 0 spiro atoms. The number of anilines is 1. The van der Waals surface area contributed by atoms with Crippen LogP contribution in [0.5, 0.6) is 0 Å². The molecule has 0 unspecified atom stereocenters. The Morgan fingerprint density at radius 2 is 1.96 bits per heavy atom. The number of ether oxygens (including phenoxy) is 1. The van der Waals surface area contributed by atoms with E-state index in [-0.39, 0.29) is 17.9 Å². The van der Waals surface area contributed by atoms with Crippen LogP contribution in [0.3, 0.4) is 0 Å². The van der Waals surface area contributed by atoms with Gasteiger partial charge in [0.2, 0.25) is 5.91 Å². The summed E-state index contributed by atoms with van der Waals surface area (Å²) in [6.07, 6.45) is 3.62. The molecule has 2 heterocycles. The van der Waals surface area contributed by atoms with Gasteiger partial charge in [0, 0.05) is 12.3 Å². The van der Waals surface area contributed by atoms with Gasteiger partial charge in [-0.2, -0.15) is 5.10 Å². The standard InChI is InChI=1S/C19H24N4O3/c1-19(2,3)26-18(25)13-6-8-14(9-7-13)23-12-10-16(22-23)21-17(24)15-5-4-11-20-15/h6-10,12,15,20H,4-5,11H2,1-3H3,(H,21,22,24)/t15-/m1/s1. The van der Waals surface area contributed by atoms with Crippen molar-refractivity contribution >= 4 is 17.7 Å². The SMILES string of the molecule is CC(C)(C)OC(=O)c1ccc(-n2ccc(NC(=O)[C@H]3CCCN3)n2)cc1. The maximum Gasteiger partial charge on any atom is 0.338 e. The van der Waals surface area contributed by atoms with Crippen LogP contribution in [-0.2, 0) is 9.53 Å². The topological polar surface area (TPSA) is 85.2 Å². The summed E-state index contributed by atoms with van der Waals surface area (Å²) in [7, 11) is 0. The minimum absolute atomic E-state index is 0.0620. The Morgan fingerprint density at radius 1 is 1.23 bits per heavy atom. The van der Waals surface area contributed by atoms with Gasteiger partial charge in [-0.25, -0.2) is 9.48 Å². The molecule has 1 aliphatic rings. The van der Waals surface area contributed by atoms with E-state index in [4.69, 9.17) is 4.74 Å². The summed E-state index contributed by atoms with van der Waals surface area (Å²) in [5, 5.41) is 10.3. The van der Waals surface area contributed by atoms with Crippen molar-refractivity contribution in [1.82, 2.24) is 15.1 Å². The molecular formula is C19H24N4O3. The van der Waals surface area contributed by atoms with Crippen molar-refractivity contribution in [2.75, 3.05) is 11.9 Å². The first-order valence-electron chi connectivity index (χ1n) is 8.75. The van der Waals surface area contributed by atoms with E-state index in [9.17, 15) is 9.59 Å². The van der Waals surface area contributed by atoms with Crippen LogP contribution in [0.25, 0.3) is 5.69 Å². The number of nitrogens with zero attached hydrogens (tertiary/aromatic N) is 2. The molecule has 0 saturated carbocycles. The summed E-state index contributed by atoms with van der Waals surface area (Å²) >= 11 is 0. The average Bonchev–Trinajstić information content (AvgIpc) is 3.25. The highest BCUT2D eigenvalue weighted by atomic mass is 16.6. The normalized spacial score (nSPS) is 17.1. The Morgan fingerprint density at radius 3 is 2.58 bits per heavy atom. The van der Waals surface area contributed by atoms with E-state index in [0.717, 1.165) is 25.1 Å². The zero-order chi connectivity index (χ0) is 18.7. The Kier molecular flexibility index (Phi) is 5.08. The van der Waals surface area contributed by atoms with Gasteiger partial charge in [0.25, 0.3) is 0 Å². The first-order valence-corrected chi connectivity index (χ1v) is 8.75. The van der Waals surface area contributed by atoms with Gasteiger partial charge >= 0.3 is 5.97 Å². The van der Waals surface area contributed by atoms with Crippen molar-refractivity contribution in [3.05, 3.63) is 42.1 Å². The van der Waals surface area contributed by atoms with Crippen molar-refractivity contribution in [1.29, 1.82) is 0 Å². The molecule has 7 heteroatoms. The quantitative estimate of drug-likeness (QED) is 0.822. The van der Waals surface area contributed by atoms with E-state index in [0.29, 0.717) is 11.4 Å². The fourth-order valence-corrected chi connectivity index (χ4v) is 2.74. The minimum atomic E-state index is -0.529. The minimum Gasteiger partial charge on any atom is -0.456 e. The number of nitrogens with one attached hydrogen (secondary N) is 2. The number of benzene rings is 1. The van der Waals surface area contributed by atoms with E-state index in [1.807, 2.05) is 20.8 Å². The summed E-state index contributed by atoms with van der Waals surface area (Å²) in [6, 6.07) is 8.58. The van der Waals surface area contributed by atoms with Crippen LogP contribution in [0.4, 0.5) is 5.82 Å². The third-order valence-corrected chi connectivity index (χ3v) is 3.98. The van der Waals surface area contributed by atoms with E-state index >= 15 is 0 Å². The lowest BCUT2D eigenvalue weighted by atomic mass is 10.1. The number of carbonyl (C=O) groups excluding carboxylic acids is 2. The van der Waals surface area contributed by atoms with Crippen LogP contribution < -0.4 is 10.6 Å². The van der Waals surface area contributed by atoms with Crippen LogP contribution in [0, 0.1) is 0 Å². The maximum atomic E-state index is 12.1. The zero-order valence-electron chi connectivity index (χ0n) is 15.3. The molecule has 0 aliphatic carbocycles. The lowest BCUT2D eigenvalue weighted by molar-refractivity contribution is -0.117. The highest BCUT2D eigenvalue weighted by Gasteiger charge is 2.22. The molecule has 1 aliphatic heterocycles. The van der Waals surface area contributed by atoms with E-state index in [1.54, 1.807) is 41.2 Å². The second-order valence-electron chi connectivity index (χ2n) is 7.33. The van der Waals surface area contributed by atoms with Crippen LogP contribution in [0.1, 0.15) is 44.0 Å². The smallest absolute Gasteiger partial charge is 0.338 e. The number of esters is 1. The average molecular weight is 356 g/mol. The van der Waals surface area contributed by atoms with E-state index in [1.165, 1.54) is 0 Å². The summed E-state index contributed by atoms with van der Waals surface area (Å²) in [4.78, 5) is 24.2. The number of aromatic nitrogens is 2. The Labute approximate surface area is 152 Å². The van der Waals surface area contributed by atoms with Crippen molar-refractivity contribution < 1.29 is 14.3 Å². The fraction of sp³-hybridized carbons (Fsp3) is 0.421. The summed E-state index contributed by atoms with van der Waals surface area (Å²) < 4.78 is 7.00. The molecule has 1 amide bonds. The van der Waals surface area contributed by atoms with Crippen molar-refractivity contribution in [3.63, 3.8) is 0 Å². The molecule has 0 radical (unpaired) electrons. The second-order valence-corrected chi connectivity index (χ2v) is 7.33. The maximum absolute atomic E-state index is 12.1.